The molecule has 1 aromatic carbocycles. The van der Waals surface area contributed by atoms with Crippen molar-refractivity contribution < 1.29 is 38.9 Å². The van der Waals surface area contributed by atoms with Crippen LogP contribution < -0.4 is 14.8 Å². The van der Waals surface area contributed by atoms with Gasteiger partial charge in [0.2, 0.25) is 0 Å². The second-order valence-electron chi connectivity index (χ2n) is 10.6. The molecule has 0 radical (unpaired) electrons. The maximum absolute atomic E-state index is 12.9. The minimum Gasteiger partial charge on any atom is -0.382 e. The van der Waals surface area contributed by atoms with Gasteiger partial charge in [-0.3, -0.25) is 10.6 Å². The second kappa shape index (κ2) is 12.7. The van der Waals surface area contributed by atoms with Gasteiger partial charge in [0, 0.05) is 61.1 Å². The number of aromatic nitrogens is 3. The van der Waals surface area contributed by atoms with E-state index in [1.165, 1.54) is 28.3 Å². The molecule has 1 saturated heterocycles. The van der Waals surface area contributed by atoms with E-state index in [9.17, 15) is 34.8 Å². The van der Waals surface area contributed by atoms with Crippen LogP contribution in [-0.4, -0.2) is 53.1 Å². The molecule has 2 aliphatic heterocycles. The van der Waals surface area contributed by atoms with Gasteiger partial charge < -0.3 is 9.08 Å². The standard InChI is InChI=1S/C27H30F6N6O3S2/c1-17-13-23(27(31,32)33)37-39(17)11-10-38-8-5-18(6-9-38)25-36-21(16-43-25)24-34-14-19-3-2-4-22(20(19)15-35-24)42-44(40,41)12-7-26(28,29)30/h2-4,10-11,13,16,18,24,34-35H,5-9,12,14-15H2,1H3. The van der Waals surface area contributed by atoms with Crippen molar-refractivity contribution in [1.82, 2.24) is 30.3 Å². The lowest BCUT2D eigenvalue weighted by molar-refractivity contribution is -0.141. The molecule has 0 aliphatic carbocycles. The van der Waals surface area contributed by atoms with Gasteiger partial charge >= 0.3 is 22.5 Å². The van der Waals surface area contributed by atoms with Crippen LogP contribution in [0.2, 0.25) is 0 Å². The molecule has 9 nitrogen and oxygen atoms in total. The predicted molar refractivity (Wildman–Crippen MR) is 151 cm³/mol. The third-order valence-corrected chi connectivity index (χ3v) is 9.57. The minimum absolute atomic E-state index is 0.0112. The Labute approximate surface area is 254 Å². The lowest BCUT2D eigenvalue weighted by atomic mass is 9.98. The molecule has 0 spiro atoms. The highest BCUT2D eigenvalue weighted by Crippen LogP contribution is 2.33. The number of benzene rings is 1. The number of hydrogen-bond acceptors (Lipinski definition) is 9. The molecule has 5 rings (SSSR count). The highest BCUT2D eigenvalue weighted by atomic mass is 32.2. The van der Waals surface area contributed by atoms with E-state index in [-0.39, 0.29) is 24.4 Å². The Morgan fingerprint density at radius 2 is 1.82 bits per heavy atom. The molecule has 4 heterocycles. The number of piperidine rings is 1. The number of thiazole rings is 1. The lowest BCUT2D eigenvalue weighted by Crippen LogP contribution is -2.31. The number of aryl methyl sites for hydroxylation is 1. The monoisotopic (exact) mass is 664 g/mol. The van der Waals surface area contributed by atoms with Crippen molar-refractivity contribution in [1.29, 1.82) is 0 Å². The fourth-order valence-corrected chi connectivity index (χ4v) is 7.03. The van der Waals surface area contributed by atoms with Crippen LogP contribution >= 0.6 is 11.3 Å². The van der Waals surface area contributed by atoms with Gasteiger partial charge in [0.05, 0.1) is 22.9 Å². The quantitative estimate of drug-likeness (QED) is 0.240. The summed E-state index contributed by atoms with van der Waals surface area (Å²) in [6.07, 6.45) is -6.07. The van der Waals surface area contributed by atoms with Gasteiger partial charge in [0.15, 0.2) is 5.69 Å². The first kappa shape index (κ1) is 32.2. The van der Waals surface area contributed by atoms with Crippen LogP contribution in [0.4, 0.5) is 26.3 Å². The molecule has 2 N–H and O–H groups in total. The van der Waals surface area contributed by atoms with E-state index in [0.29, 0.717) is 30.9 Å². The van der Waals surface area contributed by atoms with Gasteiger partial charge in [-0.05, 0) is 37.5 Å². The fourth-order valence-electron chi connectivity index (χ4n) is 5.02. The van der Waals surface area contributed by atoms with Gasteiger partial charge in [-0.2, -0.15) is 39.9 Å². The molecule has 0 bridgehead atoms. The van der Waals surface area contributed by atoms with E-state index in [4.69, 9.17) is 9.17 Å². The van der Waals surface area contributed by atoms with Crippen LogP contribution in [0.3, 0.4) is 0 Å². The Morgan fingerprint density at radius 3 is 2.50 bits per heavy atom. The van der Waals surface area contributed by atoms with E-state index in [0.717, 1.165) is 35.2 Å². The molecule has 1 atom stereocenters. The highest BCUT2D eigenvalue weighted by molar-refractivity contribution is 7.87. The third kappa shape index (κ3) is 8.11. The van der Waals surface area contributed by atoms with Gasteiger partial charge in [-0.1, -0.05) is 12.1 Å². The fraction of sp³-hybridized carbons (Fsp3) is 0.481. The topological polar surface area (TPSA) is 101 Å². The molecule has 1 fully saturated rings. The van der Waals surface area contributed by atoms with Gasteiger partial charge in [0.25, 0.3) is 0 Å². The lowest BCUT2D eigenvalue weighted by Gasteiger charge is -2.30. The Hall–Kier alpha value is -3.15. The summed E-state index contributed by atoms with van der Waals surface area (Å²) in [6, 6.07) is 5.81. The summed E-state index contributed by atoms with van der Waals surface area (Å²) in [7, 11) is -4.45. The number of rotatable bonds is 8. The minimum atomic E-state index is -4.61. The molecule has 2 aromatic heterocycles. The van der Waals surface area contributed by atoms with Crippen molar-refractivity contribution in [2.75, 3.05) is 18.8 Å². The molecule has 17 heteroatoms. The summed E-state index contributed by atoms with van der Waals surface area (Å²) < 4.78 is 107. The Bertz CT molecular complexity index is 1590. The molecule has 3 aromatic rings. The largest absolute Gasteiger partial charge is 0.435 e. The SMILES string of the molecule is Cc1cc(C(F)(F)F)nn1C=CN1CCC(c2nc(C3NCc4cccc(OS(=O)(=O)CCC(F)(F)F)c4CN3)cs2)CC1. The molecule has 0 amide bonds. The van der Waals surface area contributed by atoms with Crippen LogP contribution in [0.25, 0.3) is 6.20 Å². The van der Waals surface area contributed by atoms with Crippen molar-refractivity contribution in [3.8, 4) is 5.75 Å². The van der Waals surface area contributed by atoms with Crippen molar-refractivity contribution in [2.24, 2.45) is 0 Å². The average molecular weight is 665 g/mol. The molecule has 1 unspecified atom stereocenters. The number of alkyl halides is 6. The van der Waals surface area contributed by atoms with Gasteiger partial charge in [0.1, 0.15) is 11.9 Å². The zero-order chi connectivity index (χ0) is 31.7. The summed E-state index contributed by atoms with van der Waals surface area (Å²) in [5, 5.41) is 13.2. The van der Waals surface area contributed by atoms with E-state index >= 15 is 0 Å². The number of halogens is 6. The van der Waals surface area contributed by atoms with Gasteiger partial charge in [-0.15, -0.1) is 11.3 Å². The first-order valence-corrected chi connectivity index (χ1v) is 16.2. The van der Waals surface area contributed by atoms with Crippen LogP contribution in [-0.2, 0) is 29.4 Å². The smallest absolute Gasteiger partial charge is 0.382 e. The first-order chi connectivity index (χ1) is 20.7. The highest BCUT2D eigenvalue weighted by Gasteiger charge is 2.34. The van der Waals surface area contributed by atoms with Crippen LogP contribution in [0.15, 0.2) is 35.8 Å². The number of nitrogens with one attached hydrogen (secondary N) is 2. The zero-order valence-electron chi connectivity index (χ0n) is 23.5. The van der Waals surface area contributed by atoms with E-state index in [2.05, 4.69) is 15.7 Å². The number of hydrogen-bond donors (Lipinski definition) is 2. The van der Waals surface area contributed by atoms with Crippen LogP contribution in [0, 0.1) is 6.92 Å². The van der Waals surface area contributed by atoms with Crippen molar-refractivity contribution >= 4 is 27.7 Å². The molecule has 240 valence electrons. The summed E-state index contributed by atoms with van der Waals surface area (Å²) in [4.78, 5) is 6.89. The zero-order valence-corrected chi connectivity index (χ0v) is 25.1. The summed E-state index contributed by atoms with van der Waals surface area (Å²) in [5.74, 6) is -0.965. The van der Waals surface area contributed by atoms with Gasteiger partial charge in [-0.25, -0.2) is 9.67 Å². The van der Waals surface area contributed by atoms with Crippen LogP contribution in [0.5, 0.6) is 5.75 Å². The average Bonchev–Trinajstić information content (AvgIpc) is 3.52. The molecule has 44 heavy (non-hydrogen) atoms. The number of nitrogens with zero attached hydrogens (tertiary/aromatic N) is 4. The molecular weight excluding hydrogens is 634 g/mol. The Morgan fingerprint density at radius 1 is 1.09 bits per heavy atom. The van der Waals surface area contributed by atoms with Crippen LogP contribution in [0.1, 0.15) is 64.6 Å². The molecule has 2 aliphatic rings. The predicted octanol–water partition coefficient (Wildman–Crippen LogP) is 5.53. The Balaban J connectivity index is 1.17. The normalized spacial score (nSPS) is 18.9. The number of likely N-dealkylation sites (tertiary alicyclic amines) is 1. The second-order valence-corrected chi connectivity index (χ2v) is 13.2. The summed E-state index contributed by atoms with van der Waals surface area (Å²) in [5.41, 5.74) is 1.50. The molecular formula is C27H30F6N6O3S2. The van der Waals surface area contributed by atoms with Crippen molar-refractivity contribution in [3.63, 3.8) is 0 Å². The third-order valence-electron chi connectivity index (χ3n) is 7.41. The summed E-state index contributed by atoms with van der Waals surface area (Å²) in [6.45, 7) is 3.52. The number of fused-ring (bicyclic) bond motifs is 1. The van der Waals surface area contributed by atoms with E-state index < -0.39 is 40.3 Å². The van der Waals surface area contributed by atoms with Crippen molar-refractivity contribution in [3.05, 3.63) is 69.1 Å². The summed E-state index contributed by atoms with van der Waals surface area (Å²) >= 11 is 1.53. The molecule has 0 saturated carbocycles. The van der Waals surface area contributed by atoms with E-state index in [1.807, 2.05) is 10.3 Å². The first-order valence-electron chi connectivity index (χ1n) is 13.7. The maximum atomic E-state index is 12.9. The Kier molecular flexibility index (Phi) is 9.30. The maximum Gasteiger partial charge on any atom is 0.435 e. The van der Waals surface area contributed by atoms with Crippen molar-refractivity contribution in [2.45, 2.75) is 63.7 Å². The van der Waals surface area contributed by atoms with E-state index in [1.54, 1.807) is 25.3 Å².